The Kier molecular flexibility index (Phi) is 9.30. The largest absolute Gasteiger partial charge is 0.457 e. The van der Waals surface area contributed by atoms with Gasteiger partial charge in [-0.25, -0.2) is 26.3 Å². The summed E-state index contributed by atoms with van der Waals surface area (Å²) in [4.78, 5) is 0. The zero-order chi connectivity index (χ0) is 42.1. The highest BCUT2D eigenvalue weighted by Gasteiger charge is 2.70. The molecule has 284 valence electrons. The summed E-state index contributed by atoms with van der Waals surface area (Å²) in [5, 5.41) is 37.0. The van der Waals surface area contributed by atoms with Crippen molar-refractivity contribution in [1.82, 2.24) is 0 Å². The van der Waals surface area contributed by atoms with E-state index in [1.165, 1.54) is 0 Å². The van der Waals surface area contributed by atoms with Crippen LogP contribution in [0.25, 0.3) is 0 Å². The van der Waals surface area contributed by atoms with Crippen LogP contribution in [0.4, 0.5) is 61.5 Å². The van der Waals surface area contributed by atoms with Gasteiger partial charge in [0.15, 0.2) is 12.2 Å². The molecule has 0 bridgehead atoms. The van der Waals surface area contributed by atoms with Crippen LogP contribution in [0.2, 0.25) is 0 Å². The quantitative estimate of drug-likeness (QED) is 0.189. The number of nitrogens with zero attached hydrogens (tertiary/aromatic N) is 2. The number of halogens is 14. The first-order valence-electron chi connectivity index (χ1n) is 15.3. The fraction of sp³-hybridized carbons (Fsp3) is 0.235. The third kappa shape index (κ3) is 6.38. The van der Waals surface area contributed by atoms with Crippen molar-refractivity contribution in [2.24, 2.45) is 0 Å². The van der Waals surface area contributed by atoms with Gasteiger partial charge < -0.3 is 19.7 Å². The molecule has 0 radical (unpaired) electrons. The van der Waals surface area contributed by atoms with Crippen molar-refractivity contribution in [3.8, 4) is 35.1 Å². The van der Waals surface area contributed by atoms with E-state index in [1.54, 1.807) is 12.1 Å². The fourth-order valence-electron chi connectivity index (χ4n) is 5.42. The monoisotopic (exact) mass is 784 g/mol. The second-order valence-electron chi connectivity index (χ2n) is 11.2. The summed E-state index contributed by atoms with van der Waals surface area (Å²) in [5.41, 5.74) is -10.3. The Morgan fingerprint density at radius 3 is 1.22 bits per heavy atom. The molecule has 4 aromatic rings. The minimum absolute atomic E-state index is 0.259. The van der Waals surface area contributed by atoms with Crippen molar-refractivity contribution >= 4 is 0 Å². The molecular formula is C34H16F14N2O4. The number of hydrogen-bond donors (Lipinski definition) is 2. The highest BCUT2D eigenvalue weighted by molar-refractivity contribution is 5.56. The maximum Gasteiger partial charge on any atom is 0.343 e. The van der Waals surface area contributed by atoms with E-state index in [1.807, 2.05) is 0 Å². The zero-order valence-electron chi connectivity index (χ0n) is 27.8. The minimum atomic E-state index is -5.39. The Bertz CT molecular complexity index is 2160. The molecule has 2 aliphatic carbocycles. The molecule has 0 saturated carbocycles. The van der Waals surface area contributed by atoms with Gasteiger partial charge in [0.2, 0.25) is 0 Å². The Hall–Kier alpha value is -5.60. The second kappa shape index (κ2) is 13.7. The first kappa shape index (κ1) is 36.7. The molecule has 0 amide bonds. The third-order valence-electron chi connectivity index (χ3n) is 7.84. The van der Waals surface area contributed by atoms with E-state index >= 15 is 0 Å². The molecule has 2 N–H and O–H groups in total. The number of ether oxygens (including phenoxy) is 2. The van der Waals surface area contributed by atoms with Crippen LogP contribution in [0.3, 0.4) is 0 Å². The van der Waals surface area contributed by atoms with Gasteiger partial charge in [0, 0.05) is 34.4 Å². The molecule has 0 aliphatic heterocycles. The second-order valence-corrected chi connectivity index (χ2v) is 11.2. The van der Waals surface area contributed by atoms with Gasteiger partial charge in [-0.3, -0.25) is 0 Å². The fourth-order valence-corrected chi connectivity index (χ4v) is 5.42. The zero-order valence-corrected chi connectivity index (χ0v) is 25.8. The normalized spacial score (nSPS) is 22.9. The van der Waals surface area contributed by atoms with E-state index in [9.17, 15) is 71.7 Å². The number of rotatable bonds is 6. The van der Waals surface area contributed by atoms with Crippen LogP contribution in [-0.4, -0.2) is 22.1 Å². The van der Waals surface area contributed by atoms with Crippen molar-refractivity contribution < 1.29 is 83.9 Å². The first-order valence-corrected chi connectivity index (χ1v) is 14.3. The molecule has 0 unspecified atom stereocenters. The standard InChI is InChI=1S/2C17H8F7NO2/c2*18-8-3-7(6-25)4-9(5-8)27-11-2-1-10-12(13(11)15(19)20)14(26)17(23,24)16(10,21)22/h2*1-5,14-15,26H/t2*14-/m10/s1/i2*14D. The Labute approximate surface area is 295 Å². The number of alkyl halides is 12. The summed E-state index contributed by atoms with van der Waals surface area (Å²) >= 11 is 0. The van der Waals surface area contributed by atoms with Gasteiger partial charge >= 0.3 is 23.7 Å². The van der Waals surface area contributed by atoms with Crippen LogP contribution in [0, 0.1) is 34.3 Å². The Morgan fingerprint density at radius 1 is 0.593 bits per heavy atom. The van der Waals surface area contributed by atoms with Gasteiger partial charge in [0.1, 0.15) is 34.6 Å². The smallest absolute Gasteiger partial charge is 0.343 e. The SMILES string of the molecule is [2H][C@@]1(O)c2c(ccc(Oc3cc(F)cc(C#N)c3)c2C(F)F)C(F)(F)C1(F)F.[2H][C@]1(O)c2c(ccc(Oc3cc(F)cc(C#N)c3)c2C(F)F)C(F)(F)C1(F)F. The summed E-state index contributed by atoms with van der Waals surface area (Å²) in [6.45, 7) is 0. The third-order valence-corrected chi connectivity index (χ3v) is 7.84. The molecule has 0 aromatic heterocycles. The van der Waals surface area contributed by atoms with Crippen LogP contribution >= 0.6 is 0 Å². The van der Waals surface area contributed by atoms with E-state index in [0.29, 0.717) is 36.4 Å². The molecule has 6 rings (SSSR count). The highest BCUT2D eigenvalue weighted by atomic mass is 19.3. The molecule has 2 aliphatic rings. The van der Waals surface area contributed by atoms with E-state index < -0.39 is 117 Å². The average Bonchev–Trinajstić information content (AvgIpc) is 3.27. The molecule has 0 heterocycles. The Morgan fingerprint density at radius 2 is 0.926 bits per heavy atom. The molecule has 0 fully saturated rings. The summed E-state index contributed by atoms with van der Waals surface area (Å²) in [5.74, 6) is -25.8. The van der Waals surface area contributed by atoms with Crippen LogP contribution in [0.5, 0.6) is 23.0 Å². The van der Waals surface area contributed by atoms with Crippen LogP contribution in [0.1, 0.15) is 72.3 Å². The van der Waals surface area contributed by atoms with Gasteiger partial charge in [-0.1, -0.05) is 0 Å². The maximum absolute atomic E-state index is 14.0. The lowest BCUT2D eigenvalue weighted by atomic mass is 10.0. The summed E-state index contributed by atoms with van der Waals surface area (Å²) < 4.78 is 217. The number of fused-ring (bicyclic) bond motifs is 2. The molecule has 20 heteroatoms. The average molecular weight is 784 g/mol. The van der Waals surface area contributed by atoms with Gasteiger partial charge in [-0.2, -0.15) is 45.6 Å². The summed E-state index contributed by atoms with van der Waals surface area (Å²) in [6.07, 6.45) is -16.1. The van der Waals surface area contributed by atoms with Gasteiger partial charge in [0.05, 0.1) is 37.1 Å². The molecule has 0 saturated heterocycles. The van der Waals surface area contributed by atoms with Crippen LogP contribution in [0.15, 0.2) is 60.7 Å². The molecule has 6 nitrogen and oxygen atoms in total. The van der Waals surface area contributed by atoms with Gasteiger partial charge in [-0.15, -0.1) is 0 Å². The van der Waals surface area contributed by atoms with E-state index in [2.05, 4.69) is 0 Å². The van der Waals surface area contributed by atoms with E-state index in [4.69, 9.17) is 22.7 Å². The lowest BCUT2D eigenvalue weighted by Gasteiger charge is -2.21. The van der Waals surface area contributed by atoms with E-state index in [-0.39, 0.29) is 11.1 Å². The summed E-state index contributed by atoms with van der Waals surface area (Å²) in [7, 11) is 0. The Balaban J connectivity index is 0.000000214. The molecular weight excluding hydrogens is 766 g/mol. The van der Waals surface area contributed by atoms with Crippen molar-refractivity contribution in [3.63, 3.8) is 0 Å². The van der Waals surface area contributed by atoms with Crippen LogP contribution < -0.4 is 9.47 Å². The predicted molar refractivity (Wildman–Crippen MR) is 153 cm³/mol. The highest BCUT2D eigenvalue weighted by Crippen LogP contribution is 2.61. The van der Waals surface area contributed by atoms with Crippen molar-refractivity contribution in [3.05, 3.63) is 117 Å². The van der Waals surface area contributed by atoms with Crippen molar-refractivity contribution in [2.75, 3.05) is 0 Å². The van der Waals surface area contributed by atoms with Gasteiger partial charge in [-0.05, 0) is 48.5 Å². The number of hydrogen-bond acceptors (Lipinski definition) is 6. The number of aliphatic hydroxyl groups is 2. The maximum atomic E-state index is 14.0. The lowest BCUT2D eigenvalue weighted by Crippen LogP contribution is -2.36. The number of nitriles is 2. The van der Waals surface area contributed by atoms with Crippen LogP contribution in [-0.2, 0) is 11.8 Å². The summed E-state index contributed by atoms with van der Waals surface area (Å²) in [6, 6.07) is 9.64. The van der Waals surface area contributed by atoms with Crippen molar-refractivity contribution in [1.29, 1.82) is 10.5 Å². The number of benzene rings is 4. The lowest BCUT2D eigenvalue weighted by molar-refractivity contribution is -0.246. The molecule has 2 atom stereocenters. The first-order chi connectivity index (χ1) is 25.7. The predicted octanol–water partition coefficient (Wildman–Crippen LogP) is 10.4. The molecule has 0 spiro atoms. The van der Waals surface area contributed by atoms with Gasteiger partial charge in [0.25, 0.3) is 12.9 Å². The molecule has 4 aromatic carbocycles. The minimum Gasteiger partial charge on any atom is -0.457 e. The molecule has 54 heavy (non-hydrogen) atoms. The van der Waals surface area contributed by atoms with Crippen molar-refractivity contribution in [2.45, 2.75) is 48.7 Å². The topological polar surface area (TPSA) is 106 Å². The van der Waals surface area contributed by atoms with E-state index in [0.717, 1.165) is 24.3 Å².